The number of hydrogen-bond acceptors (Lipinski definition) is 4. The van der Waals surface area contributed by atoms with Crippen LogP contribution in [0.5, 0.6) is 5.75 Å². The minimum absolute atomic E-state index is 0.0589. The summed E-state index contributed by atoms with van der Waals surface area (Å²) >= 11 is 0. The third kappa shape index (κ3) is 3.52. The predicted molar refractivity (Wildman–Crippen MR) is 74.2 cm³/mol. The Morgan fingerprint density at radius 2 is 2.05 bits per heavy atom. The number of benzene rings is 1. The van der Waals surface area contributed by atoms with Gasteiger partial charge in [-0.1, -0.05) is 19.0 Å². The SMILES string of the molecule is Cc1cc(NS(C)(=O)=O)c(C(C)C)c(N=[N+]=[N-])c1O. The van der Waals surface area contributed by atoms with Crippen LogP contribution in [0.1, 0.15) is 30.9 Å². The number of aryl methyl sites for hydroxylation is 1. The van der Waals surface area contributed by atoms with E-state index in [0.717, 1.165) is 6.26 Å². The van der Waals surface area contributed by atoms with Gasteiger partial charge in [-0.25, -0.2) is 8.42 Å². The summed E-state index contributed by atoms with van der Waals surface area (Å²) in [7, 11) is -3.46. The van der Waals surface area contributed by atoms with Gasteiger partial charge in [0.15, 0.2) is 0 Å². The second-order valence-electron chi connectivity index (χ2n) is 4.57. The summed E-state index contributed by atoms with van der Waals surface area (Å²) < 4.78 is 25.1. The van der Waals surface area contributed by atoms with E-state index in [1.165, 1.54) is 6.07 Å². The number of nitrogens with one attached hydrogen (secondary N) is 1. The Balaban J connectivity index is 3.67. The van der Waals surface area contributed by atoms with Crippen molar-refractivity contribution in [2.45, 2.75) is 26.7 Å². The molecule has 0 aliphatic rings. The normalized spacial score (nSPS) is 11.2. The lowest BCUT2D eigenvalue weighted by Crippen LogP contribution is -2.12. The summed E-state index contributed by atoms with van der Waals surface area (Å²) in [5.74, 6) is -0.267. The van der Waals surface area contributed by atoms with Gasteiger partial charge < -0.3 is 5.11 Å². The topological polar surface area (TPSA) is 115 Å². The van der Waals surface area contributed by atoms with E-state index in [0.29, 0.717) is 16.8 Å². The van der Waals surface area contributed by atoms with Gasteiger partial charge in [-0.3, -0.25) is 4.72 Å². The Bertz CT molecular complexity index is 646. The quantitative estimate of drug-likeness (QED) is 0.383. The molecular formula is C11H16N4O3S. The fraction of sp³-hybridized carbons (Fsp3) is 0.455. The summed E-state index contributed by atoms with van der Waals surface area (Å²) in [6.45, 7) is 5.23. The highest BCUT2D eigenvalue weighted by atomic mass is 32.2. The molecule has 0 atom stereocenters. The fourth-order valence-corrected chi connectivity index (χ4v) is 2.39. The smallest absolute Gasteiger partial charge is 0.229 e. The molecule has 0 aliphatic heterocycles. The molecule has 0 unspecified atom stereocenters. The minimum Gasteiger partial charge on any atom is -0.507 e. The zero-order chi connectivity index (χ0) is 14.8. The van der Waals surface area contributed by atoms with E-state index >= 15 is 0 Å². The van der Waals surface area contributed by atoms with Gasteiger partial charge in [-0.2, -0.15) is 0 Å². The molecule has 19 heavy (non-hydrogen) atoms. The molecule has 1 aromatic rings. The Morgan fingerprint density at radius 3 is 2.47 bits per heavy atom. The van der Waals surface area contributed by atoms with E-state index in [4.69, 9.17) is 5.53 Å². The van der Waals surface area contributed by atoms with E-state index in [1.807, 2.05) is 13.8 Å². The number of sulfonamides is 1. The average molecular weight is 284 g/mol. The Kier molecular flexibility index (Phi) is 4.28. The van der Waals surface area contributed by atoms with E-state index in [9.17, 15) is 13.5 Å². The molecule has 104 valence electrons. The summed E-state index contributed by atoms with van der Waals surface area (Å²) in [4.78, 5) is 2.68. The zero-order valence-electron chi connectivity index (χ0n) is 11.2. The lowest BCUT2D eigenvalue weighted by molar-refractivity contribution is 0.471. The van der Waals surface area contributed by atoms with Crippen LogP contribution in [0.2, 0.25) is 0 Å². The lowest BCUT2D eigenvalue weighted by atomic mass is 9.96. The van der Waals surface area contributed by atoms with Crippen LogP contribution in [-0.2, 0) is 10.0 Å². The van der Waals surface area contributed by atoms with Crippen molar-refractivity contribution in [3.63, 3.8) is 0 Å². The van der Waals surface area contributed by atoms with Crippen molar-refractivity contribution in [3.8, 4) is 5.75 Å². The van der Waals surface area contributed by atoms with Gasteiger partial charge in [0, 0.05) is 4.91 Å². The van der Waals surface area contributed by atoms with Crippen molar-refractivity contribution in [3.05, 3.63) is 27.6 Å². The third-order valence-electron chi connectivity index (χ3n) is 2.52. The fourth-order valence-electron chi connectivity index (χ4n) is 1.82. The Labute approximate surface area is 111 Å². The second kappa shape index (κ2) is 5.38. The molecule has 0 radical (unpaired) electrons. The maximum absolute atomic E-state index is 11.4. The van der Waals surface area contributed by atoms with Gasteiger partial charge in [-0.15, -0.1) is 0 Å². The number of phenolic OH excluding ortho intramolecular Hbond substituents is 1. The van der Waals surface area contributed by atoms with Gasteiger partial charge in [-0.05, 0) is 35.6 Å². The lowest BCUT2D eigenvalue weighted by Gasteiger charge is -2.18. The number of nitrogens with zero attached hydrogens (tertiary/aromatic N) is 3. The Hall–Kier alpha value is -1.92. The minimum atomic E-state index is -3.46. The summed E-state index contributed by atoms with van der Waals surface area (Å²) in [5.41, 5.74) is 9.84. The first kappa shape index (κ1) is 15.1. The maximum Gasteiger partial charge on any atom is 0.229 e. The Morgan fingerprint density at radius 1 is 1.47 bits per heavy atom. The van der Waals surface area contributed by atoms with Crippen molar-refractivity contribution < 1.29 is 13.5 Å². The number of phenols is 1. The van der Waals surface area contributed by atoms with Crippen LogP contribution < -0.4 is 4.72 Å². The van der Waals surface area contributed by atoms with E-state index in [2.05, 4.69) is 14.7 Å². The summed E-state index contributed by atoms with van der Waals surface area (Å²) in [5, 5.41) is 13.4. The molecule has 0 aliphatic carbocycles. The molecule has 0 aromatic heterocycles. The van der Waals surface area contributed by atoms with Gasteiger partial charge >= 0.3 is 0 Å². The van der Waals surface area contributed by atoms with Gasteiger partial charge in [0.2, 0.25) is 10.0 Å². The zero-order valence-corrected chi connectivity index (χ0v) is 12.0. The van der Waals surface area contributed by atoms with E-state index in [-0.39, 0.29) is 17.4 Å². The molecule has 1 aromatic carbocycles. The molecule has 0 saturated carbocycles. The van der Waals surface area contributed by atoms with Crippen LogP contribution in [0.25, 0.3) is 10.4 Å². The monoisotopic (exact) mass is 284 g/mol. The number of rotatable bonds is 4. The van der Waals surface area contributed by atoms with E-state index in [1.54, 1.807) is 6.92 Å². The van der Waals surface area contributed by atoms with Gasteiger partial charge in [0.25, 0.3) is 0 Å². The molecule has 8 heteroatoms. The first-order valence-electron chi connectivity index (χ1n) is 5.56. The molecule has 0 bridgehead atoms. The highest BCUT2D eigenvalue weighted by Crippen LogP contribution is 2.43. The van der Waals surface area contributed by atoms with Gasteiger partial charge in [0.05, 0.1) is 17.6 Å². The number of anilines is 1. The summed E-state index contributed by atoms with van der Waals surface area (Å²) in [6.07, 6.45) is 1.03. The number of aromatic hydroxyl groups is 1. The van der Waals surface area contributed by atoms with Crippen LogP contribution >= 0.6 is 0 Å². The second-order valence-corrected chi connectivity index (χ2v) is 6.32. The van der Waals surface area contributed by atoms with Crippen molar-refractivity contribution in [1.29, 1.82) is 0 Å². The van der Waals surface area contributed by atoms with Crippen molar-refractivity contribution >= 4 is 21.4 Å². The standard InChI is InChI=1S/C11H16N4O3S/c1-6(2)9-8(14-19(4,17)18)5-7(3)11(16)10(9)13-15-12/h5-6,14,16H,1-4H3. The van der Waals surface area contributed by atoms with Crippen LogP contribution in [0.4, 0.5) is 11.4 Å². The van der Waals surface area contributed by atoms with Crippen LogP contribution in [-0.4, -0.2) is 19.8 Å². The molecule has 0 fully saturated rings. The largest absolute Gasteiger partial charge is 0.507 e. The van der Waals surface area contributed by atoms with Gasteiger partial charge in [0.1, 0.15) is 5.75 Å². The van der Waals surface area contributed by atoms with Crippen molar-refractivity contribution in [2.75, 3.05) is 11.0 Å². The van der Waals surface area contributed by atoms with E-state index < -0.39 is 10.0 Å². The van der Waals surface area contributed by atoms with Crippen molar-refractivity contribution in [1.82, 2.24) is 0 Å². The molecule has 0 saturated heterocycles. The third-order valence-corrected chi connectivity index (χ3v) is 3.11. The predicted octanol–water partition coefficient (Wildman–Crippen LogP) is 3.14. The van der Waals surface area contributed by atoms with Crippen LogP contribution in [0.3, 0.4) is 0 Å². The molecule has 2 N–H and O–H groups in total. The number of hydrogen-bond donors (Lipinski definition) is 2. The van der Waals surface area contributed by atoms with Crippen LogP contribution in [0, 0.1) is 6.92 Å². The molecule has 0 amide bonds. The number of azide groups is 1. The average Bonchev–Trinajstić information content (AvgIpc) is 2.22. The highest BCUT2D eigenvalue weighted by molar-refractivity contribution is 7.92. The first-order chi connectivity index (χ1) is 8.67. The molecule has 0 heterocycles. The highest BCUT2D eigenvalue weighted by Gasteiger charge is 2.19. The summed E-state index contributed by atoms with van der Waals surface area (Å²) in [6, 6.07) is 1.52. The van der Waals surface area contributed by atoms with Crippen LogP contribution in [0.15, 0.2) is 11.2 Å². The molecule has 0 spiro atoms. The molecule has 7 nitrogen and oxygen atoms in total. The molecule has 1 rings (SSSR count). The first-order valence-corrected chi connectivity index (χ1v) is 7.46. The maximum atomic E-state index is 11.4. The van der Waals surface area contributed by atoms with Crippen molar-refractivity contribution in [2.24, 2.45) is 5.11 Å². The molecular weight excluding hydrogens is 268 g/mol.